The molecule has 2 nitrogen and oxygen atoms in total. The van der Waals surface area contributed by atoms with Crippen molar-refractivity contribution in [2.24, 2.45) is 11.8 Å². The van der Waals surface area contributed by atoms with Crippen LogP contribution in [0.3, 0.4) is 0 Å². The molecule has 0 spiro atoms. The van der Waals surface area contributed by atoms with Crippen LogP contribution in [0.15, 0.2) is 42.5 Å². The molecule has 0 radical (unpaired) electrons. The molecule has 0 amide bonds. The van der Waals surface area contributed by atoms with Gasteiger partial charge in [0.15, 0.2) is 0 Å². The molecule has 0 heterocycles. The Balaban J connectivity index is 1.90. The molecule has 2 unspecified atom stereocenters. The van der Waals surface area contributed by atoms with Gasteiger partial charge in [0, 0.05) is 0 Å². The zero-order valence-electron chi connectivity index (χ0n) is 9.88. The fourth-order valence-electron chi connectivity index (χ4n) is 2.52. The fraction of sp³-hybridized carbons (Fsp3) is 0.400. The first-order valence-electron chi connectivity index (χ1n) is 6.21. The van der Waals surface area contributed by atoms with Gasteiger partial charge < -0.3 is 5.11 Å². The van der Waals surface area contributed by atoms with E-state index < -0.39 is 5.97 Å². The molecule has 0 bridgehead atoms. The first-order chi connectivity index (χ1) is 8.27. The number of rotatable bonds is 4. The van der Waals surface area contributed by atoms with Crippen LogP contribution in [0.2, 0.25) is 0 Å². The topological polar surface area (TPSA) is 37.3 Å². The van der Waals surface area contributed by atoms with Gasteiger partial charge in [-0.1, -0.05) is 48.9 Å². The van der Waals surface area contributed by atoms with E-state index >= 15 is 0 Å². The summed E-state index contributed by atoms with van der Waals surface area (Å²) in [4.78, 5) is 11.0. The maximum Gasteiger partial charge on any atom is 0.307 e. The van der Waals surface area contributed by atoms with Crippen molar-refractivity contribution in [2.75, 3.05) is 0 Å². The summed E-state index contributed by atoms with van der Waals surface area (Å²) in [6.45, 7) is 0. The minimum Gasteiger partial charge on any atom is -0.481 e. The van der Waals surface area contributed by atoms with Crippen molar-refractivity contribution in [3.05, 3.63) is 48.0 Å². The van der Waals surface area contributed by atoms with Crippen LogP contribution >= 0.6 is 0 Å². The predicted octanol–water partition coefficient (Wildman–Crippen LogP) is 3.29. The number of hydrogen-bond acceptors (Lipinski definition) is 1. The molecule has 0 aromatic heterocycles. The van der Waals surface area contributed by atoms with Crippen molar-refractivity contribution in [1.29, 1.82) is 0 Å². The van der Waals surface area contributed by atoms with Gasteiger partial charge in [0.05, 0.1) is 5.92 Å². The third-order valence-electron chi connectivity index (χ3n) is 3.47. The van der Waals surface area contributed by atoms with Crippen LogP contribution in [0.1, 0.15) is 24.8 Å². The second kappa shape index (κ2) is 5.67. The van der Waals surface area contributed by atoms with E-state index in [0.29, 0.717) is 0 Å². The van der Waals surface area contributed by atoms with Gasteiger partial charge in [0.1, 0.15) is 0 Å². The third-order valence-corrected chi connectivity index (χ3v) is 3.47. The molecule has 1 fully saturated rings. The van der Waals surface area contributed by atoms with Gasteiger partial charge in [0.25, 0.3) is 0 Å². The Labute approximate surface area is 102 Å². The Morgan fingerprint density at radius 2 is 2.06 bits per heavy atom. The van der Waals surface area contributed by atoms with Gasteiger partial charge in [-0.2, -0.15) is 0 Å². The van der Waals surface area contributed by atoms with Crippen molar-refractivity contribution in [2.45, 2.75) is 25.7 Å². The molecule has 2 heteroatoms. The molecule has 0 saturated heterocycles. The summed E-state index contributed by atoms with van der Waals surface area (Å²) in [5.74, 6) is -0.574. The summed E-state index contributed by atoms with van der Waals surface area (Å²) in [7, 11) is 0. The van der Waals surface area contributed by atoms with E-state index in [0.717, 1.165) is 25.7 Å². The number of carboxylic acids is 1. The lowest BCUT2D eigenvalue weighted by Gasteiger charge is -2.10. The molecule has 1 saturated carbocycles. The van der Waals surface area contributed by atoms with Crippen molar-refractivity contribution < 1.29 is 9.90 Å². The van der Waals surface area contributed by atoms with E-state index in [1.165, 1.54) is 5.56 Å². The Morgan fingerprint density at radius 3 is 2.76 bits per heavy atom. The summed E-state index contributed by atoms with van der Waals surface area (Å²) in [6.07, 6.45) is 7.99. The Morgan fingerprint density at radius 1 is 1.29 bits per heavy atom. The maximum absolute atomic E-state index is 11.0. The van der Waals surface area contributed by atoms with Gasteiger partial charge >= 0.3 is 5.97 Å². The second-order valence-electron chi connectivity index (χ2n) is 4.66. The number of allylic oxidation sites excluding steroid dienone is 2. The molecular formula is C15H18O2. The quantitative estimate of drug-likeness (QED) is 0.806. The van der Waals surface area contributed by atoms with Gasteiger partial charge in [-0.15, -0.1) is 0 Å². The first kappa shape index (κ1) is 11.9. The van der Waals surface area contributed by atoms with Crippen LogP contribution in [0.4, 0.5) is 0 Å². The number of aliphatic carboxylic acids is 1. The van der Waals surface area contributed by atoms with Gasteiger partial charge in [0.2, 0.25) is 0 Å². The summed E-state index contributed by atoms with van der Waals surface area (Å²) >= 11 is 0. The van der Waals surface area contributed by atoms with Crippen LogP contribution in [-0.4, -0.2) is 11.1 Å². The molecule has 1 N–H and O–H groups in total. The van der Waals surface area contributed by atoms with Crippen molar-refractivity contribution in [1.82, 2.24) is 0 Å². The molecule has 90 valence electrons. The Hall–Kier alpha value is -1.57. The van der Waals surface area contributed by atoms with Crippen molar-refractivity contribution in [3.63, 3.8) is 0 Å². The zero-order chi connectivity index (χ0) is 12.1. The summed E-state index contributed by atoms with van der Waals surface area (Å²) in [5.41, 5.74) is 1.27. The molecule has 0 aliphatic heterocycles. The minimum atomic E-state index is -0.642. The Bertz CT molecular complexity index is 395. The lowest BCUT2D eigenvalue weighted by atomic mass is 9.95. The summed E-state index contributed by atoms with van der Waals surface area (Å²) < 4.78 is 0. The second-order valence-corrected chi connectivity index (χ2v) is 4.66. The molecule has 1 aliphatic carbocycles. The van der Waals surface area contributed by atoms with Crippen LogP contribution in [0.5, 0.6) is 0 Å². The van der Waals surface area contributed by atoms with Crippen LogP contribution in [-0.2, 0) is 11.2 Å². The van der Waals surface area contributed by atoms with Crippen molar-refractivity contribution >= 4 is 5.97 Å². The normalized spacial score (nSPS) is 24.2. The van der Waals surface area contributed by atoms with E-state index in [4.69, 9.17) is 5.11 Å². The van der Waals surface area contributed by atoms with E-state index in [2.05, 4.69) is 24.3 Å². The highest BCUT2D eigenvalue weighted by Crippen LogP contribution is 2.32. The zero-order valence-corrected chi connectivity index (χ0v) is 9.88. The van der Waals surface area contributed by atoms with Crippen LogP contribution in [0.25, 0.3) is 0 Å². The summed E-state index contributed by atoms with van der Waals surface area (Å²) in [6, 6.07) is 10.2. The van der Waals surface area contributed by atoms with Crippen LogP contribution < -0.4 is 0 Å². The highest BCUT2D eigenvalue weighted by Gasteiger charge is 2.30. The summed E-state index contributed by atoms with van der Waals surface area (Å²) in [5, 5.41) is 9.07. The molecule has 2 rings (SSSR count). The molecule has 1 aliphatic rings. The minimum absolute atomic E-state index is 0.165. The molecule has 1 aromatic rings. The lowest BCUT2D eigenvalue weighted by Crippen LogP contribution is -2.16. The highest BCUT2D eigenvalue weighted by atomic mass is 16.4. The number of carbonyl (C=O) groups is 1. The average molecular weight is 230 g/mol. The number of hydrogen-bond donors (Lipinski definition) is 1. The number of benzene rings is 1. The standard InChI is InChI=1S/C15H18O2/c16-15(17)14-11-5-10-13(14)9-4-8-12-6-2-1-3-7-12/h1-4,6-7,9,13-14H,5,8,10-11H2,(H,16,17)/b9-4+. The first-order valence-corrected chi connectivity index (χ1v) is 6.21. The highest BCUT2D eigenvalue weighted by molar-refractivity contribution is 5.71. The largest absolute Gasteiger partial charge is 0.481 e. The van der Waals surface area contributed by atoms with Gasteiger partial charge in [-0.3, -0.25) is 4.79 Å². The average Bonchev–Trinajstić information content (AvgIpc) is 2.79. The van der Waals surface area contributed by atoms with E-state index in [1.54, 1.807) is 0 Å². The Kier molecular flexibility index (Phi) is 3.97. The van der Waals surface area contributed by atoms with Crippen molar-refractivity contribution in [3.8, 4) is 0 Å². The molecular weight excluding hydrogens is 212 g/mol. The maximum atomic E-state index is 11.0. The predicted molar refractivity (Wildman–Crippen MR) is 67.8 cm³/mol. The molecule has 17 heavy (non-hydrogen) atoms. The molecule has 1 aromatic carbocycles. The third kappa shape index (κ3) is 3.19. The van der Waals surface area contributed by atoms with E-state index in [1.807, 2.05) is 18.2 Å². The van der Waals surface area contributed by atoms with E-state index in [9.17, 15) is 4.79 Å². The van der Waals surface area contributed by atoms with Gasteiger partial charge in [-0.05, 0) is 30.7 Å². The fourth-order valence-corrected chi connectivity index (χ4v) is 2.52. The van der Waals surface area contributed by atoms with Crippen LogP contribution in [0, 0.1) is 11.8 Å². The SMILES string of the molecule is O=C(O)C1CCCC1/C=C/Cc1ccccc1. The smallest absolute Gasteiger partial charge is 0.307 e. The number of carboxylic acid groups (broad SMARTS) is 1. The lowest BCUT2D eigenvalue weighted by molar-refractivity contribution is -0.142. The van der Waals surface area contributed by atoms with E-state index in [-0.39, 0.29) is 11.8 Å². The van der Waals surface area contributed by atoms with Gasteiger partial charge in [-0.25, -0.2) is 0 Å². The monoisotopic (exact) mass is 230 g/mol. The molecule has 2 atom stereocenters.